The minimum absolute atomic E-state index is 0.00836. The van der Waals surface area contributed by atoms with Crippen molar-refractivity contribution in [2.24, 2.45) is 0 Å². The number of piperidine rings is 1. The van der Waals surface area contributed by atoms with Gasteiger partial charge in [-0.1, -0.05) is 25.1 Å². The average Bonchev–Trinajstić information content (AvgIpc) is 3.15. The lowest BCUT2D eigenvalue weighted by atomic mass is 9.85. The Morgan fingerprint density at radius 1 is 1.16 bits per heavy atom. The average molecular weight is 431 g/mol. The molecule has 170 valence electrons. The highest BCUT2D eigenvalue weighted by atomic mass is 16.5. The van der Waals surface area contributed by atoms with Crippen LogP contribution in [0.1, 0.15) is 46.1 Å². The second kappa shape index (κ2) is 10.2. The highest BCUT2D eigenvalue weighted by Crippen LogP contribution is 2.34. The Bertz CT molecular complexity index is 899. The molecule has 0 aliphatic carbocycles. The summed E-state index contributed by atoms with van der Waals surface area (Å²) in [4.78, 5) is 29.6. The van der Waals surface area contributed by atoms with Crippen LogP contribution < -0.4 is 10.6 Å². The Kier molecular flexibility index (Phi) is 7.61. The zero-order chi connectivity index (χ0) is 22.4. The number of carbonyl (C=O) groups excluding carboxylic acids is 1. The summed E-state index contributed by atoms with van der Waals surface area (Å²) in [5.41, 5.74) is 0.360. The zero-order valence-electron chi connectivity index (χ0n) is 19.0. The van der Waals surface area contributed by atoms with Crippen LogP contribution in [0, 0.1) is 0 Å². The van der Waals surface area contributed by atoms with Gasteiger partial charge in [0.15, 0.2) is 0 Å². The fourth-order valence-corrected chi connectivity index (χ4v) is 4.30. The summed E-state index contributed by atoms with van der Waals surface area (Å²) in [6.07, 6.45) is 2.04. The molecule has 0 saturated carbocycles. The predicted molar refractivity (Wildman–Crippen MR) is 119 cm³/mol. The topological polar surface area (TPSA) is 85.5 Å². The maximum Gasteiger partial charge on any atom is 0.363 e. The molecule has 0 bridgehead atoms. The second-order valence-corrected chi connectivity index (χ2v) is 8.44. The molecule has 1 aliphatic heterocycles. The van der Waals surface area contributed by atoms with Crippen molar-refractivity contribution in [1.29, 1.82) is 0 Å². The van der Waals surface area contributed by atoms with Gasteiger partial charge in [-0.2, -0.15) is 9.36 Å². The van der Waals surface area contributed by atoms with E-state index in [0.29, 0.717) is 26.1 Å². The molecule has 0 spiro atoms. The number of benzene rings is 1. The summed E-state index contributed by atoms with van der Waals surface area (Å²) >= 11 is 0. The highest BCUT2D eigenvalue weighted by molar-refractivity contribution is 5.94. The molecule has 1 aromatic carbocycles. The highest BCUT2D eigenvalue weighted by Gasteiger charge is 2.42. The first kappa shape index (κ1) is 23.1. The van der Waals surface area contributed by atoms with Crippen molar-refractivity contribution in [3.05, 3.63) is 40.8 Å². The molecule has 1 aromatic heterocycles. The van der Waals surface area contributed by atoms with Crippen molar-refractivity contribution in [3.63, 3.8) is 0 Å². The zero-order valence-corrected chi connectivity index (χ0v) is 19.0. The first-order chi connectivity index (χ1) is 14.9. The lowest BCUT2D eigenvalue weighted by molar-refractivity contribution is -0.120. The number of methoxy groups -OCH3 is 1. The molecule has 1 amide bonds. The molecular weight excluding hydrogens is 396 g/mol. The van der Waals surface area contributed by atoms with Crippen molar-refractivity contribution < 1.29 is 9.53 Å². The van der Waals surface area contributed by atoms with E-state index in [1.807, 2.05) is 56.0 Å². The van der Waals surface area contributed by atoms with Gasteiger partial charge < -0.3 is 14.5 Å². The van der Waals surface area contributed by atoms with Gasteiger partial charge in [0.2, 0.25) is 5.91 Å². The third-order valence-electron chi connectivity index (χ3n) is 6.02. The summed E-state index contributed by atoms with van der Waals surface area (Å²) in [6, 6.07) is 9.85. The van der Waals surface area contributed by atoms with Crippen molar-refractivity contribution in [1.82, 2.24) is 24.7 Å². The van der Waals surface area contributed by atoms with E-state index in [-0.39, 0.29) is 23.2 Å². The van der Waals surface area contributed by atoms with Gasteiger partial charge >= 0.3 is 5.69 Å². The predicted octanol–water partition coefficient (Wildman–Crippen LogP) is 1.94. The smallest absolute Gasteiger partial charge is 0.363 e. The van der Waals surface area contributed by atoms with Gasteiger partial charge in [-0.25, -0.2) is 4.79 Å². The molecule has 0 N–H and O–H groups in total. The van der Waals surface area contributed by atoms with E-state index in [1.54, 1.807) is 7.11 Å². The van der Waals surface area contributed by atoms with Gasteiger partial charge in [-0.05, 0) is 49.2 Å². The molecule has 0 atom stereocenters. The molecule has 2 heterocycles. The van der Waals surface area contributed by atoms with E-state index in [0.717, 1.165) is 31.6 Å². The molecule has 0 radical (unpaired) electrons. The van der Waals surface area contributed by atoms with E-state index in [9.17, 15) is 9.59 Å². The van der Waals surface area contributed by atoms with E-state index in [1.165, 1.54) is 9.36 Å². The molecule has 31 heavy (non-hydrogen) atoms. The summed E-state index contributed by atoms with van der Waals surface area (Å²) in [5, 5.41) is 7.95. The van der Waals surface area contributed by atoms with E-state index in [2.05, 4.69) is 15.3 Å². The largest absolute Gasteiger partial charge is 0.382 e. The number of tetrazole rings is 1. The second-order valence-electron chi connectivity index (χ2n) is 8.44. The van der Waals surface area contributed by atoms with Crippen LogP contribution in [-0.4, -0.2) is 69.5 Å². The Morgan fingerprint density at radius 2 is 1.84 bits per heavy atom. The van der Waals surface area contributed by atoms with Gasteiger partial charge in [0.1, 0.15) is 0 Å². The first-order valence-electron chi connectivity index (χ1n) is 11.0. The molecule has 2 aromatic rings. The Balaban J connectivity index is 1.71. The summed E-state index contributed by atoms with van der Waals surface area (Å²) < 4.78 is 8.43. The van der Waals surface area contributed by atoms with Crippen molar-refractivity contribution in [3.8, 4) is 0 Å². The van der Waals surface area contributed by atoms with Gasteiger partial charge in [0.05, 0.1) is 24.7 Å². The maximum atomic E-state index is 13.0. The molecule has 0 unspecified atom stereocenters. The van der Waals surface area contributed by atoms with Gasteiger partial charge in [-0.15, -0.1) is 0 Å². The number of aromatic nitrogens is 4. The van der Waals surface area contributed by atoms with Crippen LogP contribution in [0.2, 0.25) is 0 Å². The third kappa shape index (κ3) is 5.04. The Morgan fingerprint density at radius 3 is 2.39 bits per heavy atom. The van der Waals surface area contributed by atoms with Crippen LogP contribution in [0.15, 0.2) is 35.1 Å². The minimum Gasteiger partial charge on any atom is -0.382 e. The maximum absolute atomic E-state index is 13.0. The number of nitrogens with zero attached hydrogens (tertiary/aromatic N) is 6. The number of likely N-dealkylation sites (tertiary alicyclic amines) is 1. The number of amides is 1. The minimum atomic E-state index is -0.378. The number of anilines is 1. The van der Waals surface area contributed by atoms with E-state index >= 15 is 0 Å². The van der Waals surface area contributed by atoms with Crippen LogP contribution in [0.5, 0.6) is 0 Å². The summed E-state index contributed by atoms with van der Waals surface area (Å²) in [6.45, 7) is 9.06. The Hall–Kier alpha value is -2.52. The van der Waals surface area contributed by atoms with Gasteiger partial charge in [-0.3, -0.25) is 4.79 Å². The summed E-state index contributed by atoms with van der Waals surface area (Å²) in [5.74, 6) is 0.105. The van der Waals surface area contributed by atoms with Crippen molar-refractivity contribution in [2.75, 3.05) is 38.3 Å². The van der Waals surface area contributed by atoms with E-state index in [4.69, 9.17) is 4.74 Å². The van der Waals surface area contributed by atoms with Gasteiger partial charge in [0, 0.05) is 38.9 Å². The van der Waals surface area contributed by atoms with Crippen LogP contribution in [-0.2, 0) is 16.1 Å². The molecule has 1 aliphatic rings. The third-order valence-corrected chi connectivity index (χ3v) is 6.02. The SMILES string of the molecule is CCC(=O)N(c1ccccc1)C1(COC)CCN(CCn2nnn(C(C)C)c2=O)CC1. The lowest BCUT2D eigenvalue weighted by Crippen LogP contribution is -2.60. The van der Waals surface area contributed by atoms with Crippen LogP contribution in [0.25, 0.3) is 0 Å². The number of ether oxygens (including phenoxy) is 1. The standard InChI is InChI=1S/C22H34N6O3/c1-5-20(29)27(19-9-7-6-8-10-19)22(17-31-4)11-13-25(14-12-22)15-16-26-21(30)28(18(2)3)24-23-26/h6-10,18H,5,11-17H2,1-4H3. The molecule has 3 rings (SSSR count). The van der Waals surface area contributed by atoms with Crippen LogP contribution in [0.3, 0.4) is 0 Å². The number of hydrogen-bond donors (Lipinski definition) is 0. The number of carbonyl (C=O) groups is 1. The molecular formula is C22H34N6O3. The fourth-order valence-electron chi connectivity index (χ4n) is 4.30. The van der Waals surface area contributed by atoms with Gasteiger partial charge in [0.25, 0.3) is 0 Å². The van der Waals surface area contributed by atoms with Crippen LogP contribution >= 0.6 is 0 Å². The normalized spacial score (nSPS) is 16.5. The number of rotatable bonds is 9. The fraction of sp³-hybridized carbons (Fsp3) is 0.636. The lowest BCUT2D eigenvalue weighted by Gasteiger charge is -2.48. The molecule has 1 fully saturated rings. The monoisotopic (exact) mass is 430 g/mol. The number of para-hydroxylation sites is 1. The van der Waals surface area contributed by atoms with E-state index < -0.39 is 0 Å². The molecule has 9 nitrogen and oxygen atoms in total. The summed E-state index contributed by atoms with van der Waals surface area (Å²) in [7, 11) is 1.69. The van der Waals surface area contributed by atoms with Crippen molar-refractivity contribution in [2.45, 2.75) is 58.2 Å². The Labute approximate surface area is 183 Å². The van der Waals surface area contributed by atoms with Crippen LogP contribution in [0.4, 0.5) is 5.69 Å². The quantitative estimate of drug-likeness (QED) is 0.604. The first-order valence-corrected chi connectivity index (χ1v) is 11.0. The van der Waals surface area contributed by atoms with Crippen molar-refractivity contribution >= 4 is 11.6 Å². The molecule has 1 saturated heterocycles. The number of hydrogen-bond acceptors (Lipinski definition) is 6. The molecule has 9 heteroatoms.